The maximum atomic E-state index is 12.0. The van der Waals surface area contributed by atoms with E-state index in [1.54, 1.807) is 12.3 Å². The summed E-state index contributed by atoms with van der Waals surface area (Å²) in [7, 11) is 3.80. The minimum Gasteiger partial charge on any atom is -0.383 e. The van der Waals surface area contributed by atoms with Gasteiger partial charge in [-0.3, -0.25) is 4.79 Å². The number of aryl methyl sites for hydroxylation is 3. The second-order valence-electron chi connectivity index (χ2n) is 4.42. The van der Waals surface area contributed by atoms with E-state index in [1.807, 2.05) is 51.9 Å². The Morgan fingerprint density at radius 3 is 2.06 bits per heavy atom. The average molecular weight is 217 g/mol. The van der Waals surface area contributed by atoms with Crippen molar-refractivity contribution in [2.45, 2.75) is 20.8 Å². The first-order valence-electron chi connectivity index (χ1n) is 5.38. The van der Waals surface area contributed by atoms with Crippen LogP contribution in [0.1, 0.15) is 27.0 Å². The molecule has 16 heavy (non-hydrogen) atoms. The molecule has 0 aliphatic heterocycles. The summed E-state index contributed by atoms with van der Waals surface area (Å²) in [5, 5.41) is 0. The number of carbonyl (C=O) groups is 1. The van der Waals surface area contributed by atoms with Crippen molar-refractivity contribution in [3.05, 3.63) is 46.7 Å². The third kappa shape index (κ3) is 2.96. The maximum absolute atomic E-state index is 12.0. The van der Waals surface area contributed by atoms with Gasteiger partial charge in [0, 0.05) is 31.9 Å². The Morgan fingerprint density at radius 2 is 1.62 bits per heavy atom. The van der Waals surface area contributed by atoms with Gasteiger partial charge in [-0.15, -0.1) is 0 Å². The number of carbonyl (C=O) groups excluding carboxylic acids is 1. The lowest BCUT2D eigenvalue weighted by Crippen LogP contribution is -2.06. The summed E-state index contributed by atoms with van der Waals surface area (Å²) in [5.41, 5.74) is 4.11. The monoisotopic (exact) mass is 217 g/mol. The van der Waals surface area contributed by atoms with Crippen molar-refractivity contribution < 1.29 is 4.79 Å². The zero-order valence-corrected chi connectivity index (χ0v) is 10.7. The summed E-state index contributed by atoms with van der Waals surface area (Å²) in [6, 6.07) is 4.09. The minimum absolute atomic E-state index is 0.0729. The highest BCUT2D eigenvalue weighted by molar-refractivity contribution is 6.06. The zero-order chi connectivity index (χ0) is 12.3. The molecule has 0 amide bonds. The van der Waals surface area contributed by atoms with Gasteiger partial charge in [0.05, 0.1) is 0 Å². The van der Waals surface area contributed by atoms with Crippen molar-refractivity contribution in [2.75, 3.05) is 14.1 Å². The predicted octanol–water partition coefficient (Wildman–Crippen LogP) is 2.87. The SMILES string of the molecule is Cc1cc(C)c(C(=O)C=CN(C)C)c(C)c1. The van der Waals surface area contributed by atoms with Gasteiger partial charge in [-0.1, -0.05) is 17.7 Å². The lowest BCUT2D eigenvalue weighted by Gasteiger charge is -2.09. The molecule has 0 saturated carbocycles. The Balaban J connectivity index is 3.09. The van der Waals surface area contributed by atoms with Gasteiger partial charge >= 0.3 is 0 Å². The number of allylic oxidation sites excluding steroid dienone is 1. The van der Waals surface area contributed by atoms with Crippen LogP contribution in [0.2, 0.25) is 0 Å². The van der Waals surface area contributed by atoms with Crippen molar-refractivity contribution in [2.24, 2.45) is 0 Å². The molecule has 0 aromatic heterocycles. The summed E-state index contributed by atoms with van der Waals surface area (Å²) in [6.07, 6.45) is 3.39. The largest absolute Gasteiger partial charge is 0.383 e. The van der Waals surface area contributed by atoms with Crippen molar-refractivity contribution in [1.82, 2.24) is 4.90 Å². The van der Waals surface area contributed by atoms with Crippen LogP contribution in [0.4, 0.5) is 0 Å². The molecule has 0 unspecified atom stereocenters. The van der Waals surface area contributed by atoms with E-state index in [9.17, 15) is 4.79 Å². The van der Waals surface area contributed by atoms with E-state index < -0.39 is 0 Å². The minimum atomic E-state index is 0.0729. The molecule has 0 radical (unpaired) electrons. The molecule has 0 atom stereocenters. The van der Waals surface area contributed by atoms with Gasteiger partial charge in [0.15, 0.2) is 5.78 Å². The molecule has 1 aromatic rings. The molecule has 0 bridgehead atoms. The molecule has 0 N–H and O–H groups in total. The van der Waals surface area contributed by atoms with Crippen LogP contribution in [-0.4, -0.2) is 24.8 Å². The van der Waals surface area contributed by atoms with E-state index in [2.05, 4.69) is 0 Å². The Morgan fingerprint density at radius 1 is 1.12 bits per heavy atom. The van der Waals surface area contributed by atoms with E-state index >= 15 is 0 Å². The smallest absolute Gasteiger partial charge is 0.187 e. The summed E-state index contributed by atoms with van der Waals surface area (Å²) in [4.78, 5) is 13.8. The molecule has 86 valence electrons. The molecule has 1 rings (SSSR count). The van der Waals surface area contributed by atoms with Gasteiger partial charge in [0.25, 0.3) is 0 Å². The zero-order valence-electron chi connectivity index (χ0n) is 10.7. The van der Waals surface area contributed by atoms with Crippen molar-refractivity contribution in [3.63, 3.8) is 0 Å². The summed E-state index contributed by atoms with van der Waals surface area (Å²) in [6.45, 7) is 6.01. The van der Waals surface area contributed by atoms with Gasteiger partial charge in [-0.2, -0.15) is 0 Å². The second kappa shape index (κ2) is 4.97. The molecular weight excluding hydrogens is 198 g/mol. The fourth-order valence-electron chi connectivity index (χ4n) is 1.87. The van der Waals surface area contributed by atoms with Crippen molar-refractivity contribution in [1.29, 1.82) is 0 Å². The Hall–Kier alpha value is -1.57. The quantitative estimate of drug-likeness (QED) is 0.573. The van der Waals surface area contributed by atoms with E-state index in [0.717, 1.165) is 16.7 Å². The van der Waals surface area contributed by atoms with Crippen molar-refractivity contribution in [3.8, 4) is 0 Å². The highest BCUT2D eigenvalue weighted by Gasteiger charge is 2.09. The van der Waals surface area contributed by atoms with Crippen LogP contribution in [-0.2, 0) is 0 Å². The van der Waals surface area contributed by atoms with Crippen LogP contribution < -0.4 is 0 Å². The Kier molecular flexibility index (Phi) is 3.88. The Labute approximate surface area is 97.6 Å². The first-order valence-corrected chi connectivity index (χ1v) is 5.38. The molecule has 1 aromatic carbocycles. The number of benzene rings is 1. The molecule has 2 nitrogen and oxygen atoms in total. The van der Waals surface area contributed by atoms with Crippen molar-refractivity contribution >= 4 is 5.78 Å². The first-order chi connectivity index (χ1) is 7.41. The molecule has 0 fully saturated rings. The third-order valence-electron chi connectivity index (χ3n) is 2.45. The third-order valence-corrected chi connectivity index (χ3v) is 2.45. The standard InChI is InChI=1S/C14H19NO/c1-10-8-11(2)14(12(3)9-10)13(16)6-7-15(4)5/h6-9H,1-5H3. The Bertz CT molecular complexity index is 407. The molecule has 0 aliphatic rings. The van der Waals surface area contributed by atoms with Gasteiger partial charge < -0.3 is 4.90 Å². The van der Waals surface area contributed by atoms with Crippen LogP contribution in [0.3, 0.4) is 0 Å². The summed E-state index contributed by atoms with van der Waals surface area (Å²) < 4.78 is 0. The van der Waals surface area contributed by atoms with Crippen LogP contribution >= 0.6 is 0 Å². The van der Waals surface area contributed by atoms with Crippen LogP contribution in [0, 0.1) is 20.8 Å². The molecular formula is C14H19NO. The first kappa shape index (κ1) is 12.5. The normalized spacial score (nSPS) is 10.8. The lowest BCUT2D eigenvalue weighted by atomic mass is 9.96. The number of nitrogens with zero attached hydrogens (tertiary/aromatic N) is 1. The fourth-order valence-corrected chi connectivity index (χ4v) is 1.87. The van der Waals surface area contributed by atoms with Crippen LogP contribution in [0.25, 0.3) is 0 Å². The fraction of sp³-hybridized carbons (Fsp3) is 0.357. The van der Waals surface area contributed by atoms with Crippen LogP contribution in [0.15, 0.2) is 24.4 Å². The topological polar surface area (TPSA) is 20.3 Å². The van der Waals surface area contributed by atoms with Gasteiger partial charge in [-0.05, 0) is 31.9 Å². The number of hydrogen-bond donors (Lipinski definition) is 0. The van der Waals surface area contributed by atoms with E-state index in [1.165, 1.54) is 5.56 Å². The average Bonchev–Trinajstić information content (AvgIpc) is 2.12. The number of ketones is 1. The van der Waals surface area contributed by atoms with E-state index in [-0.39, 0.29) is 5.78 Å². The van der Waals surface area contributed by atoms with Gasteiger partial charge in [0.1, 0.15) is 0 Å². The van der Waals surface area contributed by atoms with Crippen LogP contribution in [0.5, 0.6) is 0 Å². The molecule has 0 spiro atoms. The molecule has 0 saturated heterocycles. The second-order valence-corrected chi connectivity index (χ2v) is 4.42. The molecule has 0 aliphatic carbocycles. The summed E-state index contributed by atoms with van der Waals surface area (Å²) >= 11 is 0. The van der Waals surface area contributed by atoms with E-state index in [0.29, 0.717) is 0 Å². The summed E-state index contributed by atoms with van der Waals surface area (Å²) in [5.74, 6) is 0.0729. The van der Waals surface area contributed by atoms with Gasteiger partial charge in [0.2, 0.25) is 0 Å². The highest BCUT2D eigenvalue weighted by atomic mass is 16.1. The molecule has 0 heterocycles. The predicted molar refractivity (Wildman–Crippen MR) is 67.8 cm³/mol. The van der Waals surface area contributed by atoms with Gasteiger partial charge in [-0.25, -0.2) is 0 Å². The molecule has 2 heteroatoms. The van der Waals surface area contributed by atoms with E-state index in [4.69, 9.17) is 0 Å². The maximum Gasteiger partial charge on any atom is 0.187 e. The number of hydrogen-bond acceptors (Lipinski definition) is 2. The number of rotatable bonds is 3. The highest BCUT2D eigenvalue weighted by Crippen LogP contribution is 2.17. The lowest BCUT2D eigenvalue weighted by molar-refractivity contribution is 0.104.